The van der Waals surface area contributed by atoms with Gasteiger partial charge in [-0.1, -0.05) is 32.9 Å². The number of carboxylic acid groups (broad SMARTS) is 1. The van der Waals surface area contributed by atoms with Crippen LogP contribution in [0.3, 0.4) is 0 Å². The zero-order valence-corrected chi connectivity index (χ0v) is 14.6. The van der Waals surface area contributed by atoms with Crippen molar-refractivity contribution in [2.24, 2.45) is 0 Å². The molecule has 0 radical (unpaired) electrons. The van der Waals surface area contributed by atoms with Crippen molar-refractivity contribution in [1.82, 2.24) is 5.32 Å². The van der Waals surface area contributed by atoms with E-state index in [4.69, 9.17) is 5.11 Å². The molecule has 0 aliphatic heterocycles. The highest BCUT2D eigenvalue weighted by Gasteiger charge is 2.22. The first kappa shape index (κ1) is 19.2. The Morgan fingerprint density at radius 2 is 1.70 bits per heavy atom. The lowest BCUT2D eigenvalue weighted by atomic mass is 9.86. The summed E-state index contributed by atoms with van der Waals surface area (Å²) >= 11 is 0. The number of carboxylic acids is 1. The molecule has 1 aromatic carbocycles. The van der Waals surface area contributed by atoms with Crippen LogP contribution in [0.15, 0.2) is 24.3 Å². The lowest BCUT2D eigenvalue weighted by Gasteiger charge is -2.19. The second-order valence-corrected chi connectivity index (χ2v) is 8.87. The first-order valence-electron chi connectivity index (χ1n) is 7.22. The number of carbonyl (C=O) groups excluding carboxylic acids is 1. The maximum absolute atomic E-state index is 12.1. The molecule has 0 spiro atoms. The highest BCUT2D eigenvalue weighted by Crippen LogP contribution is 2.22. The van der Waals surface area contributed by atoms with Crippen LogP contribution >= 0.6 is 0 Å². The average Bonchev–Trinajstić information content (AvgIpc) is 2.41. The van der Waals surface area contributed by atoms with Crippen molar-refractivity contribution < 1.29 is 23.1 Å². The molecule has 0 aliphatic carbocycles. The van der Waals surface area contributed by atoms with Crippen molar-refractivity contribution in [3.8, 4) is 0 Å². The fourth-order valence-electron chi connectivity index (χ4n) is 1.95. The summed E-state index contributed by atoms with van der Waals surface area (Å²) in [6, 6.07) is 5.67. The molecule has 0 bridgehead atoms. The van der Waals surface area contributed by atoms with E-state index < -0.39 is 27.8 Å². The number of hydrogen-bond acceptors (Lipinski definition) is 4. The molecule has 0 saturated carbocycles. The van der Waals surface area contributed by atoms with E-state index in [1.807, 2.05) is 32.9 Å². The Kier molecular flexibility index (Phi) is 5.93. The Morgan fingerprint density at radius 3 is 2.09 bits per heavy atom. The summed E-state index contributed by atoms with van der Waals surface area (Å²) in [7, 11) is -3.29. The maximum Gasteiger partial charge on any atom is 0.326 e. The van der Waals surface area contributed by atoms with Gasteiger partial charge in [0.25, 0.3) is 5.91 Å². The predicted octanol–water partition coefficient (Wildman–Crippen LogP) is 1.60. The van der Waals surface area contributed by atoms with E-state index >= 15 is 0 Å². The van der Waals surface area contributed by atoms with Crippen molar-refractivity contribution >= 4 is 21.7 Å². The largest absolute Gasteiger partial charge is 0.480 e. The van der Waals surface area contributed by atoms with Gasteiger partial charge < -0.3 is 10.4 Å². The predicted molar refractivity (Wildman–Crippen MR) is 88.4 cm³/mol. The number of benzene rings is 1. The summed E-state index contributed by atoms with van der Waals surface area (Å²) in [5.74, 6) is -2.09. The Bertz CT molecular complexity index is 671. The van der Waals surface area contributed by atoms with Crippen LogP contribution in [0.4, 0.5) is 0 Å². The van der Waals surface area contributed by atoms with Gasteiger partial charge in [-0.2, -0.15) is 0 Å². The Morgan fingerprint density at radius 1 is 1.17 bits per heavy atom. The second kappa shape index (κ2) is 7.12. The van der Waals surface area contributed by atoms with E-state index in [2.05, 4.69) is 5.32 Å². The van der Waals surface area contributed by atoms with Crippen LogP contribution < -0.4 is 5.32 Å². The molecule has 7 heteroatoms. The van der Waals surface area contributed by atoms with Crippen LogP contribution in [0, 0.1) is 0 Å². The number of nitrogens with one attached hydrogen (secondary N) is 1. The molecule has 1 unspecified atom stereocenters. The van der Waals surface area contributed by atoms with E-state index in [1.165, 1.54) is 0 Å². The van der Waals surface area contributed by atoms with Gasteiger partial charge in [0.15, 0.2) is 0 Å². The summed E-state index contributed by atoms with van der Waals surface area (Å²) in [5, 5.41) is 11.5. The minimum absolute atomic E-state index is 0.0475. The minimum atomic E-state index is -3.29. The third kappa shape index (κ3) is 6.40. The van der Waals surface area contributed by atoms with Crippen LogP contribution in [0.1, 0.15) is 43.1 Å². The lowest BCUT2D eigenvalue weighted by Crippen LogP contribution is -2.41. The number of sulfone groups is 1. The Labute approximate surface area is 136 Å². The highest BCUT2D eigenvalue weighted by atomic mass is 32.2. The Balaban J connectivity index is 2.81. The normalized spacial score (nSPS) is 13.4. The summed E-state index contributed by atoms with van der Waals surface area (Å²) in [4.78, 5) is 23.3. The summed E-state index contributed by atoms with van der Waals surface area (Å²) < 4.78 is 22.3. The number of rotatable bonds is 6. The minimum Gasteiger partial charge on any atom is -0.480 e. The summed E-state index contributed by atoms with van der Waals surface area (Å²) in [6.07, 6.45) is 0.860. The van der Waals surface area contributed by atoms with Crippen molar-refractivity contribution in [1.29, 1.82) is 0 Å². The smallest absolute Gasteiger partial charge is 0.326 e. The van der Waals surface area contributed by atoms with Crippen molar-refractivity contribution in [3.63, 3.8) is 0 Å². The van der Waals surface area contributed by atoms with Crippen molar-refractivity contribution in [3.05, 3.63) is 35.4 Å². The van der Waals surface area contributed by atoms with E-state index in [-0.39, 0.29) is 17.6 Å². The van der Waals surface area contributed by atoms with Gasteiger partial charge in [-0.15, -0.1) is 0 Å². The van der Waals surface area contributed by atoms with E-state index in [9.17, 15) is 18.0 Å². The molecule has 1 amide bonds. The molecule has 0 fully saturated rings. The summed E-state index contributed by atoms with van der Waals surface area (Å²) in [5.41, 5.74) is 1.35. The molecule has 6 nitrogen and oxygen atoms in total. The summed E-state index contributed by atoms with van der Waals surface area (Å²) in [6.45, 7) is 6.15. The average molecular weight is 341 g/mol. The molecule has 1 aromatic rings. The Hall–Kier alpha value is -1.89. The van der Waals surface area contributed by atoms with Crippen LogP contribution in [0.5, 0.6) is 0 Å². The van der Waals surface area contributed by atoms with Crippen LogP contribution in [0.25, 0.3) is 0 Å². The number of carbonyl (C=O) groups is 2. The first-order chi connectivity index (χ1) is 10.4. The molecule has 2 N–H and O–H groups in total. The third-order valence-corrected chi connectivity index (χ3v) is 4.37. The van der Waals surface area contributed by atoms with Gasteiger partial charge in [-0.3, -0.25) is 4.79 Å². The first-order valence-corrected chi connectivity index (χ1v) is 9.28. The van der Waals surface area contributed by atoms with Crippen LogP contribution in [-0.2, 0) is 20.0 Å². The van der Waals surface area contributed by atoms with Gasteiger partial charge in [-0.25, -0.2) is 13.2 Å². The molecule has 23 heavy (non-hydrogen) atoms. The highest BCUT2D eigenvalue weighted by molar-refractivity contribution is 7.90. The monoisotopic (exact) mass is 341 g/mol. The number of aliphatic carboxylic acids is 1. The molecule has 0 saturated heterocycles. The fraction of sp³-hybridized carbons (Fsp3) is 0.500. The van der Waals surface area contributed by atoms with Gasteiger partial charge in [0.05, 0.1) is 5.75 Å². The van der Waals surface area contributed by atoms with Gasteiger partial charge in [0.2, 0.25) is 0 Å². The van der Waals surface area contributed by atoms with E-state index in [0.29, 0.717) is 5.56 Å². The van der Waals surface area contributed by atoms with Crippen LogP contribution in [-0.4, -0.2) is 43.5 Å². The van der Waals surface area contributed by atoms with Gasteiger partial charge in [0.1, 0.15) is 15.9 Å². The number of hydrogen-bond donors (Lipinski definition) is 2. The number of amides is 1. The molecule has 128 valence electrons. The molecule has 0 heterocycles. The van der Waals surface area contributed by atoms with E-state index in [0.717, 1.165) is 11.8 Å². The molecule has 0 aromatic heterocycles. The molecular formula is C16H23NO5S. The third-order valence-electron chi connectivity index (χ3n) is 3.39. The van der Waals surface area contributed by atoms with Gasteiger partial charge in [-0.05, 0) is 29.5 Å². The molecular weight excluding hydrogens is 318 g/mol. The van der Waals surface area contributed by atoms with Gasteiger partial charge in [0, 0.05) is 11.8 Å². The molecule has 0 aliphatic rings. The zero-order chi connectivity index (χ0) is 17.8. The second-order valence-electron chi connectivity index (χ2n) is 6.61. The quantitative estimate of drug-likeness (QED) is 0.818. The fourth-order valence-corrected chi connectivity index (χ4v) is 2.62. The zero-order valence-electron chi connectivity index (χ0n) is 13.8. The van der Waals surface area contributed by atoms with E-state index in [1.54, 1.807) is 12.1 Å². The topological polar surface area (TPSA) is 101 Å². The van der Waals surface area contributed by atoms with Crippen molar-refractivity contribution in [2.75, 3.05) is 12.0 Å². The SMILES string of the molecule is CC(C)(C)c1ccc(C(=O)NC(CCS(C)(=O)=O)C(=O)O)cc1. The van der Waals surface area contributed by atoms with Crippen molar-refractivity contribution in [2.45, 2.75) is 38.6 Å². The van der Waals surface area contributed by atoms with Gasteiger partial charge >= 0.3 is 5.97 Å². The van der Waals surface area contributed by atoms with Crippen LogP contribution in [0.2, 0.25) is 0 Å². The molecule has 1 rings (SSSR count). The standard InChI is InChI=1S/C16H23NO5S/c1-16(2,3)12-7-5-11(6-8-12)14(18)17-13(15(19)20)9-10-23(4,21)22/h5-8,13H,9-10H2,1-4H3,(H,17,18)(H,19,20). The molecule has 1 atom stereocenters. The lowest BCUT2D eigenvalue weighted by molar-refractivity contribution is -0.139. The maximum atomic E-state index is 12.1.